The molecule has 0 saturated heterocycles. The molecule has 0 aliphatic heterocycles. The molecule has 0 radical (unpaired) electrons. The maximum Gasteiger partial charge on any atom is 0.307 e. The molecule has 0 fully saturated rings. The van der Waals surface area contributed by atoms with Crippen LogP contribution < -0.4 is 10.5 Å². The zero-order chi connectivity index (χ0) is 12.8. The van der Waals surface area contributed by atoms with Gasteiger partial charge in [0.2, 0.25) is 0 Å². The number of benzene rings is 1. The molecule has 17 heavy (non-hydrogen) atoms. The van der Waals surface area contributed by atoms with Crippen LogP contribution in [-0.4, -0.2) is 19.7 Å². The standard InChI is InChI=1S/C12H16ClNO3/c1-3-17-12(15)7-10(14)8-4-5-11(16-2)9(13)6-8/h4-6,10H,3,7,14H2,1-2H3. The van der Waals surface area contributed by atoms with E-state index in [1.54, 1.807) is 32.2 Å². The Balaban J connectivity index is 2.72. The van der Waals surface area contributed by atoms with Gasteiger partial charge in [-0.1, -0.05) is 17.7 Å². The number of carbonyl (C=O) groups excluding carboxylic acids is 1. The van der Waals surface area contributed by atoms with Crippen LogP contribution >= 0.6 is 11.6 Å². The van der Waals surface area contributed by atoms with Gasteiger partial charge in [-0.3, -0.25) is 4.79 Å². The second-order valence-corrected chi connectivity index (χ2v) is 3.92. The zero-order valence-electron chi connectivity index (χ0n) is 9.90. The van der Waals surface area contributed by atoms with Crippen LogP contribution in [0, 0.1) is 0 Å². The first-order valence-corrected chi connectivity index (χ1v) is 5.71. The second kappa shape index (κ2) is 6.47. The van der Waals surface area contributed by atoms with Crippen molar-refractivity contribution >= 4 is 17.6 Å². The van der Waals surface area contributed by atoms with Gasteiger partial charge in [0.15, 0.2) is 0 Å². The molecule has 0 heterocycles. The third kappa shape index (κ3) is 3.91. The summed E-state index contributed by atoms with van der Waals surface area (Å²) in [6.45, 7) is 2.11. The molecular formula is C12H16ClNO3. The Hall–Kier alpha value is -1.26. The first-order chi connectivity index (χ1) is 8.08. The number of ether oxygens (including phenoxy) is 2. The van der Waals surface area contributed by atoms with Crippen LogP contribution in [0.15, 0.2) is 18.2 Å². The summed E-state index contributed by atoms with van der Waals surface area (Å²) in [5.41, 5.74) is 6.67. The van der Waals surface area contributed by atoms with Crippen LogP contribution in [-0.2, 0) is 9.53 Å². The maximum atomic E-state index is 11.3. The molecule has 0 spiro atoms. The van der Waals surface area contributed by atoms with Crippen molar-refractivity contribution < 1.29 is 14.3 Å². The fraction of sp³-hybridized carbons (Fsp3) is 0.417. The lowest BCUT2D eigenvalue weighted by Crippen LogP contribution is -2.17. The molecule has 94 valence electrons. The molecule has 0 aliphatic carbocycles. The summed E-state index contributed by atoms with van der Waals surface area (Å²) in [4.78, 5) is 11.3. The largest absolute Gasteiger partial charge is 0.495 e. The summed E-state index contributed by atoms with van der Waals surface area (Å²) in [7, 11) is 1.54. The van der Waals surface area contributed by atoms with Gasteiger partial charge in [-0.15, -0.1) is 0 Å². The number of hydrogen-bond donors (Lipinski definition) is 1. The molecule has 5 heteroatoms. The van der Waals surface area contributed by atoms with E-state index in [4.69, 9.17) is 26.8 Å². The van der Waals surface area contributed by atoms with E-state index < -0.39 is 6.04 Å². The van der Waals surface area contributed by atoms with Crippen molar-refractivity contribution in [1.82, 2.24) is 0 Å². The van der Waals surface area contributed by atoms with E-state index in [0.717, 1.165) is 5.56 Å². The van der Waals surface area contributed by atoms with E-state index in [1.165, 1.54) is 0 Å². The number of hydrogen-bond acceptors (Lipinski definition) is 4. The van der Waals surface area contributed by atoms with Gasteiger partial charge in [-0.2, -0.15) is 0 Å². The molecule has 0 saturated carbocycles. The van der Waals surface area contributed by atoms with Gasteiger partial charge < -0.3 is 15.2 Å². The zero-order valence-corrected chi connectivity index (χ0v) is 10.7. The van der Waals surface area contributed by atoms with Crippen molar-refractivity contribution in [2.75, 3.05) is 13.7 Å². The molecule has 0 amide bonds. The number of rotatable bonds is 5. The van der Waals surface area contributed by atoms with Gasteiger partial charge >= 0.3 is 5.97 Å². The molecule has 0 aromatic heterocycles. The Morgan fingerprint density at radius 3 is 2.76 bits per heavy atom. The Bertz CT molecular complexity index is 395. The van der Waals surface area contributed by atoms with Gasteiger partial charge in [-0.25, -0.2) is 0 Å². The summed E-state index contributed by atoms with van der Waals surface area (Å²) >= 11 is 5.97. The highest BCUT2D eigenvalue weighted by molar-refractivity contribution is 6.32. The van der Waals surface area contributed by atoms with Crippen LogP contribution in [0.5, 0.6) is 5.75 Å². The SMILES string of the molecule is CCOC(=O)CC(N)c1ccc(OC)c(Cl)c1. The van der Waals surface area contributed by atoms with Gasteiger partial charge in [0.05, 0.1) is 25.2 Å². The maximum absolute atomic E-state index is 11.3. The van der Waals surface area contributed by atoms with Gasteiger partial charge in [0, 0.05) is 6.04 Å². The summed E-state index contributed by atoms with van der Waals surface area (Å²) in [5.74, 6) is 0.269. The predicted molar refractivity (Wildman–Crippen MR) is 66.2 cm³/mol. The topological polar surface area (TPSA) is 61.5 Å². The van der Waals surface area contributed by atoms with Gasteiger partial charge in [-0.05, 0) is 24.6 Å². The van der Waals surface area contributed by atoms with Crippen molar-refractivity contribution in [2.24, 2.45) is 5.73 Å². The molecule has 1 aromatic carbocycles. The van der Waals surface area contributed by atoms with E-state index in [1.807, 2.05) is 0 Å². The van der Waals surface area contributed by atoms with Gasteiger partial charge in [0.25, 0.3) is 0 Å². The van der Waals surface area contributed by atoms with E-state index in [-0.39, 0.29) is 12.4 Å². The van der Waals surface area contributed by atoms with Crippen LogP contribution in [0.1, 0.15) is 24.9 Å². The lowest BCUT2D eigenvalue weighted by Gasteiger charge is -2.12. The molecule has 1 aromatic rings. The number of halogens is 1. The predicted octanol–water partition coefficient (Wildman–Crippen LogP) is 2.30. The lowest BCUT2D eigenvalue weighted by atomic mass is 10.0. The van der Waals surface area contributed by atoms with E-state index >= 15 is 0 Å². The number of esters is 1. The molecule has 1 unspecified atom stereocenters. The van der Waals surface area contributed by atoms with Crippen molar-refractivity contribution in [3.05, 3.63) is 28.8 Å². The van der Waals surface area contributed by atoms with Crippen LogP contribution in [0.3, 0.4) is 0 Å². The second-order valence-electron chi connectivity index (χ2n) is 3.51. The minimum Gasteiger partial charge on any atom is -0.495 e. The Kier molecular flexibility index (Phi) is 5.25. The van der Waals surface area contributed by atoms with Crippen molar-refractivity contribution in [3.63, 3.8) is 0 Å². The Morgan fingerprint density at radius 1 is 1.53 bits per heavy atom. The molecule has 0 aliphatic rings. The van der Waals surface area contributed by atoms with Crippen molar-refractivity contribution in [1.29, 1.82) is 0 Å². The average molecular weight is 258 g/mol. The molecule has 4 nitrogen and oxygen atoms in total. The molecule has 1 atom stereocenters. The number of carbonyl (C=O) groups is 1. The van der Waals surface area contributed by atoms with Crippen molar-refractivity contribution in [3.8, 4) is 5.75 Å². The van der Waals surface area contributed by atoms with Crippen LogP contribution in [0.4, 0.5) is 0 Å². The van der Waals surface area contributed by atoms with Crippen molar-refractivity contribution in [2.45, 2.75) is 19.4 Å². The fourth-order valence-corrected chi connectivity index (χ4v) is 1.70. The third-order valence-corrected chi connectivity index (χ3v) is 2.59. The summed E-state index contributed by atoms with van der Waals surface area (Å²) in [6, 6.07) is 4.79. The highest BCUT2D eigenvalue weighted by atomic mass is 35.5. The summed E-state index contributed by atoms with van der Waals surface area (Å²) < 4.78 is 9.87. The van der Waals surface area contributed by atoms with E-state index in [0.29, 0.717) is 17.4 Å². The normalized spacial score (nSPS) is 12.0. The first-order valence-electron chi connectivity index (χ1n) is 5.33. The van der Waals surface area contributed by atoms with Crippen LogP contribution in [0.2, 0.25) is 5.02 Å². The minimum absolute atomic E-state index is 0.135. The van der Waals surface area contributed by atoms with Crippen LogP contribution in [0.25, 0.3) is 0 Å². The van der Waals surface area contributed by atoms with Gasteiger partial charge in [0.1, 0.15) is 5.75 Å². The van der Waals surface area contributed by atoms with E-state index in [9.17, 15) is 4.79 Å². The third-order valence-electron chi connectivity index (χ3n) is 2.30. The molecule has 1 rings (SSSR count). The average Bonchev–Trinajstić information content (AvgIpc) is 2.29. The fourth-order valence-electron chi connectivity index (χ4n) is 1.43. The smallest absolute Gasteiger partial charge is 0.307 e. The highest BCUT2D eigenvalue weighted by Gasteiger charge is 2.13. The molecule has 2 N–H and O–H groups in total. The Morgan fingerprint density at radius 2 is 2.24 bits per heavy atom. The first kappa shape index (κ1) is 13.8. The Labute approximate surface area is 106 Å². The summed E-state index contributed by atoms with van der Waals surface area (Å²) in [5, 5.41) is 0.476. The highest BCUT2D eigenvalue weighted by Crippen LogP contribution is 2.27. The summed E-state index contributed by atoms with van der Waals surface area (Å²) in [6.07, 6.45) is 0.135. The molecular weight excluding hydrogens is 242 g/mol. The van der Waals surface area contributed by atoms with E-state index in [2.05, 4.69) is 0 Å². The minimum atomic E-state index is -0.419. The number of methoxy groups -OCH3 is 1. The number of nitrogens with two attached hydrogens (primary N) is 1. The lowest BCUT2D eigenvalue weighted by molar-refractivity contribution is -0.143. The quantitative estimate of drug-likeness (QED) is 0.823. The molecule has 0 bridgehead atoms. The monoisotopic (exact) mass is 257 g/mol.